The lowest BCUT2D eigenvalue weighted by molar-refractivity contribution is -0.166. The summed E-state index contributed by atoms with van der Waals surface area (Å²) < 4.78 is 9.84. The summed E-state index contributed by atoms with van der Waals surface area (Å²) in [6, 6.07) is 0. The first-order valence-electron chi connectivity index (χ1n) is 9.47. The monoisotopic (exact) mass is 328 g/mol. The summed E-state index contributed by atoms with van der Waals surface area (Å²) >= 11 is 0. The molecule has 136 valence electrons. The molecular formula is C19H36O4. The van der Waals surface area contributed by atoms with Crippen LogP contribution in [0.5, 0.6) is 0 Å². The van der Waals surface area contributed by atoms with Gasteiger partial charge in [0.05, 0.1) is 6.61 Å². The molecule has 0 radical (unpaired) electrons. The number of unbranched alkanes of at least 4 members (excludes halogenated alkanes) is 10. The van der Waals surface area contributed by atoms with E-state index in [-0.39, 0.29) is 5.97 Å². The maximum Gasteiger partial charge on any atom is 0.347 e. The van der Waals surface area contributed by atoms with Gasteiger partial charge >= 0.3 is 11.9 Å². The van der Waals surface area contributed by atoms with Gasteiger partial charge in [0.1, 0.15) is 0 Å². The highest BCUT2D eigenvalue weighted by Gasteiger charge is 2.18. The van der Waals surface area contributed by atoms with Crippen LogP contribution in [0.4, 0.5) is 0 Å². The quantitative estimate of drug-likeness (QED) is 0.307. The lowest BCUT2D eigenvalue weighted by atomic mass is 10.1. The van der Waals surface area contributed by atoms with Gasteiger partial charge in [-0.15, -0.1) is 0 Å². The van der Waals surface area contributed by atoms with Gasteiger partial charge in [-0.2, -0.15) is 0 Å². The topological polar surface area (TPSA) is 52.6 Å². The van der Waals surface area contributed by atoms with E-state index in [1.54, 1.807) is 13.8 Å². The summed E-state index contributed by atoms with van der Waals surface area (Å²) in [4.78, 5) is 22.9. The van der Waals surface area contributed by atoms with Crippen LogP contribution < -0.4 is 0 Å². The average Bonchev–Trinajstić information content (AvgIpc) is 2.52. The minimum atomic E-state index is -0.796. The van der Waals surface area contributed by atoms with Gasteiger partial charge in [0, 0.05) is 6.42 Å². The normalized spacial score (nSPS) is 12.0. The Morgan fingerprint density at radius 3 is 1.74 bits per heavy atom. The Kier molecular flexibility index (Phi) is 15.1. The van der Waals surface area contributed by atoms with E-state index >= 15 is 0 Å². The van der Waals surface area contributed by atoms with Crippen molar-refractivity contribution in [2.24, 2.45) is 0 Å². The van der Waals surface area contributed by atoms with E-state index in [2.05, 4.69) is 6.92 Å². The third kappa shape index (κ3) is 14.3. The number of carbonyl (C=O) groups is 2. The van der Waals surface area contributed by atoms with Crippen LogP contribution >= 0.6 is 0 Å². The van der Waals surface area contributed by atoms with Crippen LogP contribution in [0.3, 0.4) is 0 Å². The highest BCUT2D eigenvalue weighted by atomic mass is 16.6. The van der Waals surface area contributed by atoms with Gasteiger partial charge < -0.3 is 9.47 Å². The van der Waals surface area contributed by atoms with Crippen LogP contribution in [0.25, 0.3) is 0 Å². The van der Waals surface area contributed by atoms with Crippen molar-refractivity contribution in [3.05, 3.63) is 0 Å². The zero-order valence-corrected chi connectivity index (χ0v) is 15.4. The van der Waals surface area contributed by atoms with Crippen molar-refractivity contribution in [2.75, 3.05) is 6.61 Å². The fourth-order valence-electron chi connectivity index (χ4n) is 2.50. The first-order valence-corrected chi connectivity index (χ1v) is 9.47. The van der Waals surface area contributed by atoms with Gasteiger partial charge in [-0.05, 0) is 20.3 Å². The Balaban J connectivity index is 3.37. The largest absolute Gasteiger partial charge is 0.463 e. The molecule has 4 heteroatoms. The molecule has 0 aromatic carbocycles. The lowest BCUT2D eigenvalue weighted by Crippen LogP contribution is -2.26. The second kappa shape index (κ2) is 15.8. The minimum Gasteiger partial charge on any atom is -0.463 e. The molecule has 0 aliphatic carbocycles. The smallest absolute Gasteiger partial charge is 0.347 e. The van der Waals surface area contributed by atoms with E-state index in [0.29, 0.717) is 13.0 Å². The minimum absolute atomic E-state index is 0.304. The third-order valence-corrected chi connectivity index (χ3v) is 3.91. The molecule has 0 aliphatic heterocycles. The molecule has 0 aromatic heterocycles. The Labute approximate surface area is 142 Å². The molecular weight excluding hydrogens is 292 g/mol. The zero-order valence-electron chi connectivity index (χ0n) is 15.4. The van der Waals surface area contributed by atoms with Crippen LogP contribution in [0.15, 0.2) is 0 Å². The Bertz CT molecular complexity index is 302. The molecule has 0 bridgehead atoms. The van der Waals surface area contributed by atoms with Gasteiger partial charge in [0.25, 0.3) is 0 Å². The fraction of sp³-hybridized carbons (Fsp3) is 0.895. The van der Waals surface area contributed by atoms with Crippen molar-refractivity contribution in [2.45, 2.75) is 104 Å². The number of hydrogen-bond donors (Lipinski definition) is 0. The van der Waals surface area contributed by atoms with Crippen LogP contribution in [-0.2, 0) is 19.1 Å². The highest BCUT2D eigenvalue weighted by molar-refractivity contribution is 5.78. The van der Waals surface area contributed by atoms with Gasteiger partial charge in [0.15, 0.2) is 6.10 Å². The second-order valence-electron chi connectivity index (χ2n) is 6.17. The van der Waals surface area contributed by atoms with Crippen molar-refractivity contribution in [3.63, 3.8) is 0 Å². The van der Waals surface area contributed by atoms with E-state index in [0.717, 1.165) is 12.8 Å². The fourth-order valence-corrected chi connectivity index (χ4v) is 2.50. The third-order valence-electron chi connectivity index (χ3n) is 3.91. The number of esters is 2. The summed E-state index contributed by atoms with van der Waals surface area (Å²) in [5, 5.41) is 0. The molecule has 0 rings (SSSR count). The summed E-state index contributed by atoms with van der Waals surface area (Å²) in [5.74, 6) is -0.777. The summed E-state index contributed by atoms with van der Waals surface area (Å²) in [5.41, 5.74) is 0. The number of hydrogen-bond acceptors (Lipinski definition) is 4. The molecule has 0 aliphatic rings. The van der Waals surface area contributed by atoms with Crippen LogP contribution in [-0.4, -0.2) is 24.6 Å². The molecule has 4 nitrogen and oxygen atoms in total. The molecule has 0 aromatic rings. The summed E-state index contributed by atoms with van der Waals surface area (Å²) in [7, 11) is 0. The van der Waals surface area contributed by atoms with Crippen molar-refractivity contribution >= 4 is 11.9 Å². The van der Waals surface area contributed by atoms with E-state index in [1.807, 2.05) is 0 Å². The molecule has 0 spiro atoms. The average molecular weight is 328 g/mol. The zero-order chi connectivity index (χ0) is 17.3. The molecule has 0 amide bonds. The maximum absolute atomic E-state index is 11.6. The molecule has 0 heterocycles. The van der Waals surface area contributed by atoms with Crippen molar-refractivity contribution < 1.29 is 19.1 Å². The van der Waals surface area contributed by atoms with Gasteiger partial charge in [-0.1, -0.05) is 71.1 Å². The van der Waals surface area contributed by atoms with Crippen LogP contribution in [0.1, 0.15) is 97.8 Å². The Morgan fingerprint density at radius 2 is 1.26 bits per heavy atom. The number of carbonyl (C=O) groups excluding carboxylic acids is 2. The predicted octanol–water partition coefficient (Wildman–Crippen LogP) is 5.18. The van der Waals surface area contributed by atoms with E-state index < -0.39 is 12.1 Å². The predicted molar refractivity (Wildman–Crippen MR) is 93.3 cm³/mol. The standard InChI is InChI=1S/C19H36O4/c1-4-6-7-8-9-10-11-12-13-14-15-16-18(20)23-17(3)19(21)22-5-2/h17H,4-16H2,1-3H3. The SMILES string of the molecule is CCCCCCCCCCCCCC(=O)OC(C)C(=O)OCC. The van der Waals surface area contributed by atoms with E-state index in [1.165, 1.54) is 57.8 Å². The van der Waals surface area contributed by atoms with Crippen molar-refractivity contribution in [1.82, 2.24) is 0 Å². The molecule has 0 fully saturated rings. The number of rotatable bonds is 15. The van der Waals surface area contributed by atoms with Crippen LogP contribution in [0.2, 0.25) is 0 Å². The highest BCUT2D eigenvalue weighted by Crippen LogP contribution is 2.12. The second-order valence-corrected chi connectivity index (χ2v) is 6.17. The van der Waals surface area contributed by atoms with Crippen molar-refractivity contribution in [3.8, 4) is 0 Å². The van der Waals surface area contributed by atoms with E-state index in [9.17, 15) is 9.59 Å². The van der Waals surface area contributed by atoms with Crippen molar-refractivity contribution in [1.29, 1.82) is 0 Å². The van der Waals surface area contributed by atoms with Gasteiger partial charge in [0.2, 0.25) is 0 Å². The Hall–Kier alpha value is -1.06. The van der Waals surface area contributed by atoms with Crippen LogP contribution in [0, 0.1) is 0 Å². The van der Waals surface area contributed by atoms with Gasteiger partial charge in [-0.25, -0.2) is 4.79 Å². The molecule has 1 unspecified atom stereocenters. The maximum atomic E-state index is 11.6. The molecule has 23 heavy (non-hydrogen) atoms. The molecule has 1 atom stereocenters. The molecule has 0 N–H and O–H groups in total. The molecule has 0 saturated heterocycles. The summed E-state index contributed by atoms with van der Waals surface area (Å²) in [6.07, 6.45) is 13.3. The van der Waals surface area contributed by atoms with Gasteiger partial charge in [-0.3, -0.25) is 4.79 Å². The van der Waals surface area contributed by atoms with E-state index in [4.69, 9.17) is 9.47 Å². The summed E-state index contributed by atoms with van der Waals surface area (Å²) in [6.45, 7) is 5.83. The number of ether oxygens (including phenoxy) is 2. The Morgan fingerprint density at radius 1 is 0.783 bits per heavy atom. The molecule has 0 saturated carbocycles. The first kappa shape index (κ1) is 21.9. The first-order chi connectivity index (χ1) is 11.1. The lowest BCUT2D eigenvalue weighted by Gasteiger charge is -2.11.